The molecule has 2 aliphatic heterocycles. The van der Waals surface area contributed by atoms with Gasteiger partial charge in [-0.2, -0.15) is 0 Å². The van der Waals surface area contributed by atoms with E-state index in [4.69, 9.17) is 4.74 Å². The van der Waals surface area contributed by atoms with Gasteiger partial charge < -0.3 is 9.64 Å². The Balaban J connectivity index is 1.56. The third-order valence-corrected chi connectivity index (χ3v) is 4.25. The van der Waals surface area contributed by atoms with Crippen molar-refractivity contribution in [2.75, 3.05) is 26.2 Å². The molecule has 2 aliphatic rings. The van der Waals surface area contributed by atoms with Crippen molar-refractivity contribution in [3.8, 4) is 0 Å². The molecule has 0 radical (unpaired) electrons. The van der Waals surface area contributed by atoms with Crippen molar-refractivity contribution < 1.29 is 19.1 Å². The summed E-state index contributed by atoms with van der Waals surface area (Å²) in [6.07, 6.45) is 1.12. The van der Waals surface area contributed by atoms with Crippen molar-refractivity contribution in [2.24, 2.45) is 0 Å². The SMILES string of the molecule is O=C(CN1C(=O)CCC1=O)N1CCOC(Cc2ccccc2)C1. The topological polar surface area (TPSA) is 66.9 Å². The summed E-state index contributed by atoms with van der Waals surface area (Å²) in [5, 5.41) is 0. The van der Waals surface area contributed by atoms with Gasteiger partial charge in [0.15, 0.2) is 0 Å². The minimum absolute atomic E-state index is 0.0555. The largest absolute Gasteiger partial charge is 0.374 e. The molecule has 6 heteroatoms. The first-order chi connectivity index (χ1) is 11.1. The van der Waals surface area contributed by atoms with E-state index in [9.17, 15) is 14.4 Å². The molecule has 122 valence electrons. The molecule has 2 fully saturated rings. The molecule has 2 saturated heterocycles. The summed E-state index contributed by atoms with van der Waals surface area (Å²) in [6.45, 7) is 1.32. The van der Waals surface area contributed by atoms with Gasteiger partial charge in [-0.3, -0.25) is 19.3 Å². The summed E-state index contributed by atoms with van der Waals surface area (Å²) in [5.41, 5.74) is 1.16. The summed E-state index contributed by atoms with van der Waals surface area (Å²) in [5.74, 6) is -0.690. The number of likely N-dealkylation sites (tertiary alicyclic amines) is 1. The van der Waals surface area contributed by atoms with Crippen molar-refractivity contribution in [3.63, 3.8) is 0 Å². The van der Waals surface area contributed by atoms with E-state index in [0.29, 0.717) is 19.7 Å². The molecule has 23 heavy (non-hydrogen) atoms. The maximum atomic E-state index is 12.4. The minimum atomic E-state index is -0.252. The molecule has 0 aliphatic carbocycles. The van der Waals surface area contributed by atoms with E-state index in [1.165, 1.54) is 0 Å². The highest BCUT2D eigenvalue weighted by molar-refractivity contribution is 6.04. The molecule has 0 bridgehead atoms. The molecule has 2 heterocycles. The molecule has 0 spiro atoms. The Bertz CT molecular complexity index is 586. The smallest absolute Gasteiger partial charge is 0.242 e. The molecule has 6 nitrogen and oxygen atoms in total. The first-order valence-corrected chi connectivity index (χ1v) is 7.90. The molecular weight excluding hydrogens is 296 g/mol. The van der Waals surface area contributed by atoms with Crippen LogP contribution in [-0.4, -0.2) is 59.9 Å². The summed E-state index contributed by atoms with van der Waals surface area (Å²) in [4.78, 5) is 38.4. The van der Waals surface area contributed by atoms with Crippen LogP contribution >= 0.6 is 0 Å². The number of hydrogen-bond donors (Lipinski definition) is 0. The molecule has 1 atom stereocenters. The average molecular weight is 316 g/mol. The van der Waals surface area contributed by atoms with Crippen LogP contribution in [0.15, 0.2) is 30.3 Å². The zero-order valence-electron chi connectivity index (χ0n) is 12.9. The fourth-order valence-electron chi connectivity index (χ4n) is 2.98. The zero-order valence-corrected chi connectivity index (χ0v) is 12.9. The second kappa shape index (κ2) is 6.91. The molecule has 3 amide bonds. The first kappa shape index (κ1) is 15.7. The number of morpholine rings is 1. The van der Waals surface area contributed by atoms with Gasteiger partial charge in [-0.15, -0.1) is 0 Å². The summed E-state index contributed by atoms with van der Waals surface area (Å²) in [6, 6.07) is 9.99. The number of rotatable bonds is 4. The van der Waals surface area contributed by atoms with Crippen molar-refractivity contribution in [1.82, 2.24) is 9.80 Å². The normalized spacial score (nSPS) is 21.8. The Labute approximate surface area is 135 Å². The summed E-state index contributed by atoms with van der Waals surface area (Å²) < 4.78 is 5.73. The van der Waals surface area contributed by atoms with E-state index < -0.39 is 0 Å². The number of carbonyl (C=O) groups excluding carboxylic acids is 3. The van der Waals surface area contributed by atoms with Crippen LogP contribution in [0.2, 0.25) is 0 Å². The Kier molecular flexibility index (Phi) is 4.71. The molecular formula is C17H20N2O4. The third-order valence-electron chi connectivity index (χ3n) is 4.25. The van der Waals surface area contributed by atoms with Gasteiger partial charge >= 0.3 is 0 Å². The van der Waals surface area contributed by atoms with Gasteiger partial charge in [0, 0.05) is 32.4 Å². The number of hydrogen-bond acceptors (Lipinski definition) is 4. The Hall–Kier alpha value is -2.21. The van der Waals surface area contributed by atoms with Crippen LogP contribution in [0.4, 0.5) is 0 Å². The lowest BCUT2D eigenvalue weighted by Gasteiger charge is -2.33. The zero-order chi connectivity index (χ0) is 16.2. The second-order valence-electron chi connectivity index (χ2n) is 5.90. The molecule has 3 rings (SSSR count). The molecule has 1 unspecified atom stereocenters. The highest BCUT2D eigenvalue weighted by Crippen LogP contribution is 2.15. The van der Waals surface area contributed by atoms with Crippen LogP contribution in [-0.2, 0) is 25.5 Å². The van der Waals surface area contributed by atoms with E-state index in [1.807, 2.05) is 30.3 Å². The number of benzene rings is 1. The number of carbonyl (C=O) groups is 3. The average Bonchev–Trinajstić information content (AvgIpc) is 2.88. The van der Waals surface area contributed by atoms with Gasteiger partial charge in [-0.25, -0.2) is 0 Å². The van der Waals surface area contributed by atoms with E-state index in [2.05, 4.69) is 0 Å². The van der Waals surface area contributed by atoms with E-state index in [0.717, 1.165) is 16.9 Å². The summed E-state index contributed by atoms with van der Waals surface area (Å²) in [7, 11) is 0. The quantitative estimate of drug-likeness (QED) is 0.763. The van der Waals surface area contributed by atoms with Crippen molar-refractivity contribution in [1.29, 1.82) is 0 Å². The van der Waals surface area contributed by atoms with Gasteiger partial charge in [0.2, 0.25) is 17.7 Å². The van der Waals surface area contributed by atoms with Gasteiger partial charge in [-0.1, -0.05) is 30.3 Å². The second-order valence-corrected chi connectivity index (χ2v) is 5.90. The van der Waals surface area contributed by atoms with Crippen molar-refractivity contribution in [3.05, 3.63) is 35.9 Å². The number of ether oxygens (including phenoxy) is 1. The van der Waals surface area contributed by atoms with Crippen LogP contribution in [0.25, 0.3) is 0 Å². The molecule has 0 aromatic heterocycles. The minimum Gasteiger partial charge on any atom is -0.374 e. The number of imide groups is 1. The van der Waals surface area contributed by atoms with Crippen LogP contribution in [0.5, 0.6) is 0 Å². The van der Waals surface area contributed by atoms with E-state index >= 15 is 0 Å². The van der Waals surface area contributed by atoms with Crippen LogP contribution in [0.3, 0.4) is 0 Å². The lowest BCUT2D eigenvalue weighted by Crippen LogP contribution is -2.50. The van der Waals surface area contributed by atoms with E-state index in [-0.39, 0.29) is 43.2 Å². The molecule has 1 aromatic carbocycles. The Morgan fingerprint density at radius 2 is 1.83 bits per heavy atom. The fourth-order valence-corrected chi connectivity index (χ4v) is 2.98. The van der Waals surface area contributed by atoms with Crippen LogP contribution < -0.4 is 0 Å². The third kappa shape index (κ3) is 3.76. The fraction of sp³-hybridized carbons (Fsp3) is 0.471. The monoisotopic (exact) mass is 316 g/mol. The maximum absolute atomic E-state index is 12.4. The number of amides is 3. The maximum Gasteiger partial charge on any atom is 0.242 e. The highest BCUT2D eigenvalue weighted by Gasteiger charge is 2.33. The van der Waals surface area contributed by atoms with Gasteiger partial charge in [-0.05, 0) is 5.56 Å². The first-order valence-electron chi connectivity index (χ1n) is 7.90. The van der Waals surface area contributed by atoms with E-state index in [1.54, 1.807) is 4.90 Å². The van der Waals surface area contributed by atoms with Crippen LogP contribution in [0.1, 0.15) is 18.4 Å². The Morgan fingerprint density at radius 1 is 1.13 bits per heavy atom. The summed E-state index contributed by atoms with van der Waals surface area (Å²) >= 11 is 0. The number of nitrogens with zero attached hydrogens (tertiary/aromatic N) is 2. The van der Waals surface area contributed by atoms with Crippen molar-refractivity contribution in [2.45, 2.75) is 25.4 Å². The molecule has 0 saturated carbocycles. The van der Waals surface area contributed by atoms with Crippen LogP contribution in [0, 0.1) is 0 Å². The van der Waals surface area contributed by atoms with Crippen molar-refractivity contribution >= 4 is 17.7 Å². The molecule has 0 N–H and O–H groups in total. The molecule has 1 aromatic rings. The van der Waals surface area contributed by atoms with Gasteiger partial charge in [0.1, 0.15) is 6.54 Å². The van der Waals surface area contributed by atoms with Gasteiger partial charge in [0.05, 0.1) is 12.7 Å². The Morgan fingerprint density at radius 3 is 2.52 bits per heavy atom. The van der Waals surface area contributed by atoms with Gasteiger partial charge in [0.25, 0.3) is 0 Å². The lowest BCUT2D eigenvalue weighted by molar-refractivity contribution is -0.148. The highest BCUT2D eigenvalue weighted by atomic mass is 16.5. The predicted molar refractivity (Wildman–Crippen MR) is 82.4 cm³/mol. The standard InChI is InChI=1S/C17H20N2O4/c20-15-6-7-16(21)19(15)12-17(22)18-8-9-23-14(11-18)10-13-4-2-1-3-5-13/h1-5,14H,6-12H2. The predicted octanol–water partition coefficient (Wildman–Crippen LogP) is 0.605. The lowest BCUT2D eigenvalue weighted by atomic mass is 10.1.